The van der Waals surface area contributed by atoms with Crippen LogP contribution in [0, 0.1) is 5.92 Å². The van der Waals surface area contributed by atoms with Gasteiger partial charge in [-0.15, -0.1) is 0 Å². The third-order valence-corrected chi connectivity index (χ3v) is 3.69. The van der Waals surface area contributed by atoms with E-state index in [1.54, 1.807) is 0 Å². The van der Waals surface area contributed by atoms with E-state index >= 15 is 0 Å². The van der Waals surface area contributed by atoms with E-state index in [0.29, 0.717) is 5.76 Å². The van der Waals surface area contributed by atoms with Gasteiger partial charge >= 0.3 is 5.97 Å². The van der Waals surface area contributed by atoms with Crippen molar-refractivity contribution in [3.05, 3.63) is 77.9 Å². The summed E-state index contributed by atoms with van der Waals surface area (Å²) >= 11 is 0. The molecule has 0 unspecified atom stereocenters. The average molecular weight is 264 g/mol. The van der Waals surface area contributed by atoms with Crippen molar-refractivity contribution < 1.29 is 9.53 Å². The van der Waals surface area contributed by atoms with E-state index in [9.17, 15) is 4.79 Å². The maximum atomic E-state index is 12.1. The van der Waals surface area contributed by atoms with Crippen molar-refractivity contribution in [2.24, 2.45) is 5.92 Å². The number of esters is 1. The van der Waals surface area contributed by atoms with Crippen molar-refractivity contribution in [2.45, 2.75) is 12.8 Å². The van der Waals surface area contributed by atoms with Crippen molar-refractivity contribution >= 4 is 11.7 Å². The van der Waals surface area contributed by atoms with E-state index in [0.717, 1.165) is 11.1 Å². The van der Waals surface area contributed by atoms with Crippen molar-refractivity contribution in [3.63, 3.8) is 0 Å². The van der Waals surface area contributed by atoms with E-state index in [1.807, 2.05) is 55.5 Å². The average Bonchev–Trinajstić information content (AvgIpc) is 2.51. The van der Waals surface area contributed by atoms with Gasteiger partial charge in [0.05, 0.1) is 5.92 Å². The van der Waals surface area contributed by atoms with E-state index in [1.165, 1.54) is 0 Å². The van der Waals surface area contributed by atoms with Crippen LogP contribution >= 0.6 is 0 Å². The molecule has 100 valence electrons. The monoisotopic (exact) mass is 264 g/mol. The van der Waals surface area contributed by atoms with Gasteiger partial charge in [-0.2, -0.15) is 0 Å². The first-order valence-electron chi connectivity index (χ1n) is 6.79. The first-order valence-corrected chi connectivity index (χ1v) is 6.79. The van der Waals surface area contributed by atoms with Crippen LogP contribution in [0.25, 0.3) is 5.76 Å². The van der Waals surface area contributed by atoms with Crippen LogP contribution in [0.2, 0.25) is 0 Å². The van der Waals surface area contributed by atoms with Gasteiger partial charge in [-0.3, -0.25) is 4.79 Å². The minimum absolute atomic E-state index is 0.0626. The van der Waals surface area contributed by atoms with E-state index < -0.39 is 0 Å². The van der Waals surface area contributed by atoms with Gasteiger partial charge in [-0.05, 0) is 11.6 Å². The summed E-state index contributed by atoms with van der Waals surface area (Å²) in [6, 6.07) is 19.8. The maximum Gasteiger partial charge on any atom is 0.314 e. The SMILES string of the molecule is C[C@H]1C(=O)OC(c2ccccc2)=C[C@@H]1c1ccccc1. The van der Waals surface area contributed by atoms with Gasteiger partial charge in [0.1, 0.15) is 5.76 Å². The van der Waals surface area contributed by atoms with Gasteiger partial charge in [0.2, 0.25) is 0 Å². The van der Waals surface area contributed by atoms with Gasteiger partial charge in [-0.1, -0.05) is 67.6 Å². The largest absolute Gasteiger partial charge is 0.426 e. The molecule has 2 aromatic carbocycles. The highest BCUT2D eigenvalue weighted by Crippen LogP contribution is 2.35. The molecule has 1 aliphatic rings. The minimum atomic E-state index is -0.166. The molecule has 1 aliphatic heterocycles. The van der Waals surface area contributed by atoms with E-state index in [2.05, 4.69) is 18.2 Å². The quantitative estimate of drug-likeness (QED) is 0.766. The fourth-order valence-corrected chi connectivity index (χ4v) is 2.51. The Morgan fingerprint density at radius 2 is 1.50 bits per heavy atom. The topological polar surface area (TPSA) is 26.3 Å². The van der Waals surface area contributed by atoms with Crippen LogP contribution in [0.15, 0.2) is 66.7 Å². The van der Waals surface area contributed by atoms with Crippen LogP contribution in [-0.4, -0.2) is 5.97 Å². The zero-order chi connectivity index (χ0) is 13.9. The fourth-order valence-electron chi connectivity index (χ4n) is 2.51. The van der Waals surface area contributed by atoms with Gasteiger partial charge in [0, 0.05) is 11.5 Å². The van der Waals surface area contributed by atoms with Crippen molar-refractivity contribution in [1.82, 2.24) is 0 Å². The molecule has 2 nitrogen and oxygen atoms in total. The molecule has 0 saturated heterocycles. The molecule has 1 heterocycles. The van der Waals surface area contributed by atoms with Crippen LogP contribution in [0.1, 0.15) is 24.0 Å². The zero-order valence-electron chi connectivity index (χ0n) is 11.3. The summed E-state index contributed by atoms with van der Waals surface area (Å²) in [6.07, 6.45) is 2.05. The van der Waals surface area contributed by atoms with E-state index in [4.69, 9.17) is 4.74 Å². The third kappa shape index (κ3) is 2.37. The molecular formula is C18H16O2. The van der Waals surface area contributed by atoms with Crippen molar-refractivity contribution in [2.75, 3.05) is 0 Å². The summed E-state index contributed by atoms with van der Waals surface area (Å²) in [4.78, 5) is 12.1. The molecule has 2 atom stereocenters. The van der Waals surface area contributed by atoms with Crippen molar-refractivity contribution in [3.8, 4) is 0 Å². The maximum absolute atomic E-state index is 12.1. The van der Waals surface area contributed by atoms with Gasteiger partial charge in [0.25, 0.3) is 0 Å². The zero-order valence-corrected chi connectivity index (χ0v) is 11.3. The third-order valence-electron chi connectivity index (χ3n) is 3.69. The minimum Gasteiger partial charge on any atom is -0.426 e. The number of allylic oxidation sites excluding steroid dienone is 1. The molecule has 2 aromatic rings. The van der Waals surface area contributed by atoms with Gasteiger partial charge in [-0.25, -0.2) is 0 Å². The highest BCUT2D eigenvalue weighted by atomic mass is 16.5. The second-order valence-corrected chi connectivity index (χ2v) is 5.04. The standard InChI is InChI=1S/C18H16O2/c1-13-16(14-8-4-2-5-9-14)12-17(20-18(13)19)15-10-6-3-7-11-15/h2-13,16H,1H3/t13-,16+/m1/s1. The molecule has 0 aromatic heterocycles. The predicted molar refractivity (Wildman–Crippen MR) is 78.9 cm³/mol. The summed E-state index contributed by atoms with van der Waals surface area (Å²) in [5, 5.41) is 0. The summed E-state index contributed by atoms with van der Waals surface area (Å²) in [5.41, 5.74) is 2.08. The van der Waals surface area contributed by atoms with Crippen molar-refractivity contribution in [1.29, 1.82) is 0 Å². The molecule has 20 heavy (non-hydrogen) atoms. The molecule has 0 aliphatic carbocycles. The number of hydrogen-bond acceptors (Lipinski definition) is 2. The Bertz CT molecular complexity index is 629. The molecule has 0 radical (unpaired) electrons. The Morgan fingerprint density at radius 1 is 0.900 bits per heavy atom. The van der Waals surface area contributed by atoms with Crippen LogP contribution < -0.4 is 0 Å². The molecule has 2 heteroatoms. The Hall–Kier alpha value is -2.35. The Kier molecular flexibility index (Phi) is 3.38. The van der Waals surface area contributed by atoms with Crippen LogP contribution in [0.4, 0.5) is 0 Å². The number of hydrogen-bond donors (Lipinski definition) is 0. The molecule has 3 rings (SSSR count). The predicted octanol–water partition coefficient (Wildman–Crippen LogP) is 4.00. The van der Waals surface area contributed by atoms with Gasteiger partial charge < -0.3 is 4.74 Å². The lowest BCUT2D eigenvalue weighted by Crippen LogP contribution is -2.25. The molecule has 0 amide bonds. The molecule has 0 bridgehead atoms. The molecule has 0 saturated carbocycles. The number of ether oxygens (including phenoxy) is 1. The van der Waals surface area contributed by atoms with Crippen LogP contribution in [-0.2, 0) is 9.53 Å². The first kappa shape index (κ1) is 12.7. The Labute approximate surface area is 118 Å². The first-order chi connectivity index (χ1) is 9.75. The normalized spacial score (nSPS) is 22.1. The molecular weight excluding hydrogens is 248 g/mol. The van der Waals surface area contributed by atoms with Gasteiger partial charge in [0.15, 0.2) is 0 Å². The van der Waals surface area contributed by atoms with Crippen LogP contribution in [0.3, 0.4) is 0 Å². The highest BCUT2D eigenvalue weighted by Gasteiger charge is 2.31. The van der Waals surface area contributed by atoms with E-state index in [-0.39, 0.29) is 17.8 Å². The number of carbonyl (C=O) groups excluding carboxylic acids is 1. The summed E-state index contributed by atoms with van der Waals surface area (Å²) in [7, 11) is 0. The molecule has 0 N–H and O–H groups in total. The van der Waals surface area contributed by atoms with Crippen LogP contribution in [0.5, 0.6) is 0 Å². The second kappa shape index (κ2) is 5.33. The summed E-state index contributed by atoms with van der Waals surface area (Å²) in [6.45, 7) is 1.91. The lowest BCUT2D eigenvalue weighted by molar-refractivity contribution is -0.142. The second-order valence-electron chi connectivity index (χ2n) is 5.04. The number of rotatable bonds is 2. The number of cyclic esters (lactones) is 1. The summed E-state index contributed by atoms with van der Waals surface area (Å²) < 4.78 is 5.46. The number of carbonyl (C=O) groups is 1. The summed E-state index contributed by atoms with van der Waals surface area (Å²) in [5.74, 6) is 0.389. The number of benzene rings is 2. The highest BCUT2D eigenvalue weighted by molar-refractivity contribution is 5.84. The Morgan fingerprint density at radius 3 is 2.15 bits per heavy atom. The lowest BCUT2D eigenvalue weighted by atomic mass is 9.84. The fraction of sp³-hybridized carbons (Fsp3) is 0.167. The lowest BCUT2D eigenvalue weighted by Gasteiger charge is -2.26. The smallest absolute Gasteiger partial charge is 0.314 e. The molecule has 0 spiro atoms. The molecule has 0 fully saturated rings. The Balaban J connectivity index is 2.02.